The number of rotatable bonds is 7. The molecular weight excluding hydrogens is 288 g/mol. The fourth-order valence-corrected chi connectivity index (χ4v) is 2.86. The summed E-state index contributed by atoms with van der Waals surface area (Å²) >= 11 is 0. The minimum atomic E-state index is 0.0205. The van der Waals surface area contributed by atoms with Gasteiger partial charge in [0.1, 0.15) is 0 Å². The predicted molar refractivity (Wildman–Crippen MR) is 91.2 cm³/mol. The summed E-state index contributed by atoms with van der Waals surface area (Å²) in [6.07, 6.45) is 8.41. The zero-order valence-electron chi connectivity index (χ0n) is 14.5. The zero-order chi connectivity index (χ0) is 16.8. The fourth-order valence-electron chi connectivity index (χ4n) is 2.86. The molecule has 0 aliphatic rings. The number of unbranched alkanes of at least 4 members (excludes halogenated alkanes) is 1. The maximum absolute atomic E-state index is 12.9. The van der Waals surface area contributed by atoms with Crippen LogP contribution in [0.1, 0.15) is 60.8 Å². The Bertz CT molecular complexity index is 636. The lowest BCUT2D eigenvalue weighted by Crippen LogP contribution is -2.31. The van der Waals surface area contributed by atoms with Gasteiger partial charge in [0.05, 0.1) is 17.8 Å². The molecule has 5 heteroatoms. The van der Waals surface area contributed by atoms with Gasteiger partial charge >= 0.3 is 0 Å². The molecule has 124 valence electrons. The summed E-state index contributed by atoms with van der Waals surface area (Å²) in [4.78, 5) is 19.0. The highest BCUT2D eigenvalue weighted by atomic mass is 16.2. The third-order valence-electron chi connectivity index (χ3n) is 4.32. The van der Waals surface area contributed by atoms with Crippen molar-refractivity contribution in [2.45, 2.75) is 52.6 Å². The number of pyridine rings is 1. The van der Waals surface area contributed by atoms with Crippen LogP contribution in [0, 0.1) is 6.92 Å². The van der Waals surface area contributed by atoms with Gasteiger partial charge in [-0.3, -0.25) is 14.5 Å². The number of aromatic nitrogens is 3. The number of amides is 1. The van der Waals surface area contributed by atoms with Crippen molar-refractivity contribution in [2.75, 3.05) is 7.05 Å². The Balaban J connectivity index is 2.27. The minimum Gasteiger partial charge on any atom is -0.335 e. The lowest BCUT2D eigenvalue weighted by molar-refractivity contribution is 0.0719. The van der Waals surface area contributed by atoms with Crippen molar-refractivity contribution in [3.05, 3.63) is 47.5 Å². The molecule has 0 bridgehead atoms. The van der Waals surface area contributed by atoms with Crippen molar-refractivity contribution in [3.63, 3.8) is 0 Å². The molecule has 1 amide bonds. The quantitative estimate of drug-likeness (QED) is 0.784. The van der Waals surface area contributed by atoms with Crippen molar-refractivity contribution < 1.29 is 4.79 Å². The first kappa shape index (κ1) is 17.2. The lowest BCUT2D eigenvalue weighted by Gasteiger charge is -2.28. The molecule has 0 aromatic carbocycles. The van der Waals surface area contributed by atoms with Gasteiger partial charge in [-0.25, -0.2) is 0 Å². The highest BCUT2D eigenvalue weighted by Gasteiger charge is 2.25. The zero-order valence-corrected chi connectivity index (χ0v) is 14.5. The highest BCUT2D eigenvalue weighted by molar-refractivity contribution is 5.95. The second-order valence-corrected chi connectivity index (χ2v) is 5.82. The number of carbonyl (C=O) groups is 1. The molecule has 1 atom stereocenters. The van der Waals surface area contributed by atoms with Crippen LogP contribution in [0.5, 0.6) is 0 Å². The molecule has 0 fully saturated rings. The van der Waals surface area contributed by atoms with Gasteiger partial charge in [-0.05, 0) is 31.9 Å². The Morgan fingerprint density at radius 1 is 1.35 bits per heavy atom. The standard InChI is InChI=1S/C18H26N4O/c1-5-7-10-17(15-9-8-11-19-12-15)21(4)18(23)16-13-20-22(6-2)14(16)3/h8-9,11-13,17H,5-7,10H2,1-4H3. The maximum Gasteiger partial charge on any atom is 0.257 e. The molecule has 0 spiro atoms. The summed E-state index contributed by atoms with van der Waals surface area (Å²) in [7, 11) is 1.87. The van der Waals surface area contributed by atoms with Crippen LogP contribution in [-0.4, -0.2) is 32.6 Å². The van der Waals surface area contributed by atoms with Gasteiger partial charge in [-0.2, -0.15) is 5.10 Å². The summed E-state index contributed by atoms with van der Waals surface area (Å²) in [5.74, 6) is 0.0205. The molecule has 0 radical (unpaired) electrons. The number of aryl methyl sites for hydroxylation is 1. The normalized spacial score (nSPS) is 12.2. The average molecular weight is 314 g/mol. The molecule has 0 saturated heterocycles. The summed E-state index contributed by atoms with van der Waals surface area (Å²) in [6.45, 7) is 6.91. The first-order valence-electron chi connectivity index (χ1n) is 8.29. The van der Waals surface area contributed by atoms with E-state index in [1.165, 1.54) is 0 Å². The van der Waals surface area contributed by atoms with Crippen molar-refractivity contribution in [1.82, 2.24) is 19.7 Å². The highest BCUT2D eigenvalue weighted by Crippen LogP contribution is 2.26. The van der Waals surface area contributed by atoms with Crippen LogP contribution in [0.2, 0.25) is 0 Å². The molecule has 23 heavy (non-hydrogen) atoms. The Labute approximate surface area is 138 Å². The second kappa shape index (κ2) is 7.90. The van der Waals surface area contributed by atoms with E-state index in [2.05, 4.69) is 17.0 Å². The van der Waals surface area contributed by atoms with Gasteiger partial charge in [0.25, 0.3) is 5.91 Å². The number of nitrogens with zero attached hydrogens (tertiary/aromatic N) is 4. The second-order valence-electron chi connectivity index (χ2n) is 5.82. The lowest BCUT2D eigenvalue weighted by atomic mass is 10.0. The van der Waals surface area contributed by atoms with E-state index in [1.807, 2.05) is 48.8 Å². The van der Waals surface area contributed by atoms with Gasteiger partial charge < -0.3 is 4.90 Å². The molecule has 1 unspecified atom stereocenters. The summed E-state index contributed by atoms with van der Waals surface area (Å²) < 4.78 is 1.85. The van der Waals surface area contributed by atoms with Gasteiger partial charge in [0.2, 0.25) is 0 Å². The van der Waals surface area contributed by atoms with Crippen LogP contribution >= 0.6 is 0 Å². The topological polar surface area (TPSA) is 51.0 Å². The van der Waals surface area contributed by atoms with Gasteiger partial charge in [-0.1, -0.05) is 25.8 Å². The number of hydrogen-bond donors (Lipinski definition) is 0. The predicted octanol–water partition coefficient (Wildman–Crippen LogP) is 3.61. The largest absolute Gasteiger partial charge is 0.335 e. The molecule has 0 saturated carbocycles. The van der Waals surface area contributed by atoms with Crippen molar-refractivity contribution in [3.8, 4) is 0 Å². The summed E-state index contributed by atoms with van der Waals surface area (Å²) in [5, 5.41) is 4.29. The van der Waals surface area contributed by atoms with Crippen molar-refractivity contribution >= 4 is 5.91 Å². The first-order chi connectivity index (χ1) is 11.1. The maximum atomic E-state index is 12.9. The third kappa shape index (κ3) is 3.78. The SMILES string of the molecule is CCCCC(c1cccnc1)N(C)C(=O)c1cnn(CC)c1C. The van der Waals surface area contributed by atoms with Crippen LogP contribution in [0.15, 0.2) is 30.7 Å². The smallest absolute Gasteiger partial charge is 0.257 e. The van der Waals surface area contributed by atoms with Crippen LogP contribution in [0.3, 0.4) is 0 Å². The van der Waals surface area contributed by atoms with Crippen LogP contribution in [-0.2, 0) is 6.54 Å². The van der Waals surface area contributed by atoms with Crippen molar-refractivity contribution in [2.24, 2.45) is 0 Å². The molecule has 0 aliphatic carbocycles. The third-order valence-corrected chi connectivity index (χ3v) is 4.32. The van der Waals surface area contributed by atoms with Crippen LogP contribution in [0.4, 0.5) is 0 Å². The van der Waals surface area contributed by atoms with Crippen LogP contribution < -0.4 is 0 Å². The van der Waals surface area contributed by atoms with E-state index in [1.54, 1.807) is 12.4 Å². The van der Waals surface area contributed by atoms with E-state index >= 15 is 0 Å². The van der Waals surface area contributed by atoms with E-state index in [0.717, 1.165) is 37.1 Å². The Kier molecular flexibility index (Phi) is 5.90. The molecule has 2 aromatic heterocycles. The Morgan fingerprint density at radius 2 is 2.13 bits per heavy atom. The summed E-state index contributed by atoms with van der Waals surface area (Å²) in [6, 6.07) is 4.01. The van der Waals surface area contributed by atoms with E-state index in [9.17, 15) is 4.79 Å². The molecule has 5 nitrogen and oxygen atoms in total. The van der Waals surface area contributed by atoms with E-state index in [-0.39, 0.29) is 11.9 Å². The van der Waals surface area contributed by atoms with Crippen molar-refractivity contribution in [1.29, 1.82) is 0 Å². The van der Waals surface area contributed by atoms with Gasteiger partial charge in [-0.15, -0.1) is 0 Å². The minimum absolute atomic E-state index is 0.0205. The Hall–Kier alpha value is -2.17. The number of hydrogen-bond acceptors (Lipinski definition) is 3. The molecule has 2 heterocycles. The van der Waals surface area contributed by atoms with E-state index in [0.29, 0.717) is 5.56 Å². The fraction of sp³-hybridized carbons (Fsp3) is 0.500. The van der Waals surface area contributed by atoms with Gasteiger partial charge in [0.15, 0.2) is 0 Å². The first-order valence-corrected chi connectivity index (χ1v) is 8.29. The summed E-state index contributed by atoms with van der Waals surface area (Å²) in [5.41, 5.74) is 2.68. The average Bonchev–Trinajstić information content (AvgIpc) is 2.96. The molecule has 2 aromatic rings. The molecule has 0 aliphatic heterocycles. The monoisotopic (exact) mass is 314 g/mol. The number of carbonyl (C=O) groups excluding carboxylic acids is 1. The van der Waals surface area contributed by atoms with Crippen LogP contribution in [0.25, 0.3) is 0 Å². The molecule has 2 rings (SSSR count). The van der Waals surface area contributed by atoms with Gasteiger partial charge in [0, 0.05) is 31.7 Å². The molecule has 0 N–H and O–H groups in total. The van der Waals surface area contributed by atoms with E-state index in [4.69, 9.17) is 0 Å². The Morgan fingerprint density at radius 3 is 2.70 bits per heavy atom. The molecular formula is C18H26N4O. The van der Waals surface area contributed by atoms with E-state index < -0.39 is 0 Å².